The van der Waals surface area contributed by atoms with E-state index in [-0.39, 0.29) is 18.1 Å². The highest BCUT2D eigenvalue weighted by Crippen LogP contribution is 2.20. The van der Waals surface area contributed by atoms with Gasteiger partial charge in [0.1, 0.15) is 17.8 Å². The van der Waals surface area contributed by atoms with Crippen LogP contribution in [0.2, 0.25) is 0 Å². The first kappa shape index (κ1) is 19.2. The molecule has 1 aliphatic rings. The van der Waals surface area contributed by atoms with E-state index in [4.69, 9.17) is 1.37 Å². The molecule has 1 fully saturated rings. The second-order valence-electron chi connectivity index (χ2n) is 6.83. The van der Waals surface area contributed by atoms with Crippen LogP contribution < -0.4 is 5.32 Å². The Kier molecular flexibility index (Phi) is 7.07. The molecule has 2 atom stereocenters. The lowest BCUT2D eigenvalue weighted by atomic mass is 10.0. The van der Waals surface area contributed by atoms with Crippen molar-refractivity contribution >= 4 is 17.8 Å². The summed E-state index contributed by atoms with van der Waals surface area (Å²) in [5, 5.41) is 21.4. The van der Waals surface area contributed by atoms with E-state index in [0.29, 0.717) is 44.7 Å². The van der Waals surface area contributed by atoms with Gasteiger partial charge in [-0.15, -0.1) is 0 Å². The second kappa shape index (κ2) is 9.94. The fourth-order valence-electron chi connectivity index (χ4n) is 3.27. The summed E-state index contributed by atoms with van der Waals surface area (Å²) in [7, 11) is 0. The molecule has 0 unspecified atom stereocenters. The Bertz CT molecular complexity index is 680. The smallest absolute Gasteiger partial charge is 0.326 e. The molecule has 0 saturated carbocycles. The number of carboxylic acid groups (broad SMARTS) is 1. The van der Waals surface area contributed by atoms with Crippen molar-refractivity contribution in [2.75, 3.05) is 6.54 Å². The van der Waals surface area contributed by atoms with Gasteiger partial charge >= 0.3 is 5.97 Å². The zero-order chi connectivity index (χ0) is 20.5. The van der Waals surface area contributed by atoms with Crippen molar-refractivity contribution < 1.29 is 26.0 Å². The summed E-state index contributed by atoms with van der Waals surface area (Å²) < 4.78 is 7.13. The van der Waals surface area contributed by atoms with Crippen LogP contribution in [0.25, 0.3) is 0 Å². The fourth-order valence-corrected chi connectivity index (χ4v) is 3.27. The molecule has 1 heterocycles. The number of phenols is 1. The van der Waals surface area contributed by atoms with Gasteiger partial charge in [0.2, 0.25) is 11.8 Å². The number of aromatic hydroxyl groups is 1. The van der Waals surface area contributed by atoms with Crippen molar-refractivity contribution in [1.82, 2.24) is 10.2 Å². The molecule has 1 saturated heterocycles. The Balaban J connectivity index is 1.94. The molecule has 7 nitrogen and oxygen atoms in total. The maximum Gasteiger partial charge on any atom is 0.326 e. The molecule has 2 amide bonds. The van der Waals surface area contributed by atoms with E-state index in [0.717, 1.165) is 12.8 Å². The second-order valence-corrected chi connectivity index (χ2v) is 6.83. The Morgan fingerprint density at radius 2 is 2.04 bits per heavy atom. The Labute approximate surface area is 160 Å². The van der Waals surface area contributed by atoms with Gasteiger partial charge in [-0.3, -0.25) is 9.59 Å². The number of unbranched alkanes of at least 4 members (excludes halogenated alkanes) is 2. The molecular formula is C20H28N2O5. The molecule has 1 aromatic carbocycles. The van der Waals surface area contributed by atoms with Crippen LogP contribution in [0.5, 0.6) is 5.75 Å². The molecule has 7 heteroatoms. The molecule has 0 spiro atoms. The molecule has 0 radical (unpaired) electrons. The highest BCUT2D eigenvalue weighted by Gasteiger charge is 2.35. The zero-order valence-electron chi connectivity index (χ0n) is 16.4. The molecule has 148 valence electrons. The molecule has 27 heavy (non-hydrogen) atoms. The van der Waals surface area contributed by atoms with E-state index in [1.54, 1.807) is 17.0 Å². The lowest BCUT2D eigenvalue weighted by Crippen LogP contribution is -2.51. The standard InChI is InChI=1S/C20H28N2O5/c1-2-3-4-7-18(24)22-12-5-6-17(22)19(25)21-16(20(26)27)13-14-8-10-15(23)11-9-14/h8-11,16-17,23H,2-7,12-13H2,1H3,(H,21,25)(H,26,27)/t16-,17-/m0/s1/i1D. The highest BCUT2D eigenvalue weighted by atomic mass is 16.4. The van der Waals surface area contributed by atoms with Gasteiger partial charge in [-0.2, -0.15) is 0 Å². The van der Waals surface area contributed by atoms with Crippen LogP contribution >= 0.6 is 0 Å². The summed E-state index contributed by atoms with van der Waals surface area (Å²) >= 11 is 0. The number of carboxylic acids is 1. The van der Waals surface area contributed by atoms with Crippen molar-refractivity contribution in [3.63, 3.8) is 0 Å². The Morgan fingerprint density at radius 3 is 2.70 bits per heavy atom. The number of rotatable bonds is 9. The van der Waals surface area contributed by atoms with Crippen molar-refractivity contribution in [3.8, 4) is 5.75 Å². The predicted molar refractivity (Wildman–Crippen MR) is 100 cm³/mol. The topological polar surface area (TPSA) is 107 Å². The first-order valence-electron chi connectivity index (χ1n) is 10.0. The third kappa shape index (κ3) is 5.98. The van der Waals surface area contributed by atoms with Gasteiger partial charge in [-0.1, -0.05) is 31.9 Å². The number of carbonyl (C=O) groups excluding carboxylic acids is 2. The maximum absolute atomic E-state index is 12.7. The molecule has 0 aliphatic carbocycles. The van der Waals surface area contributed by atoms with Crippen LogP contribution in [0.15, 0.2) is 24.3 Å². The van der Waals surface area contributed by atoms with E-state index in [1.165, 1.54) is 12.1 Å². The summed E-state index contributed by atoms with van der Waals surface area (Å²) in [6, 6.07) is 4.42. The number of amides is 2. The molecule has 1 aromatic rings. The Morgan fingerprint density at radius 1 is 1.30 bits per heavy atom. The minimum Gasteiger partial charge on any atom is -0.508 e. The van der Waals surface area contributed by atoms with Crippen molar-refractivity contribution in [2.45, 2.75) is 63.9 Å². The third-order valence-electron chi connectivity index (χ3n) is 4.76. The summed E-state index contributed by atoms with van der Waals surface area (Å²) in [5.41, 5.74) is 0.680. The van der Waals surface area contributed by atoms with E-state index < -0.39 is 24.0 Å². The average molecular weight is 377 g/mol. The maximum atomic E-state index is 12.7. The number of nitrogens with zero attached hydrogens (tertiary/aromatic N) is 1. The highest BCUT2D eigenvalue weighted by molar-refractivity contribution is 5.91. The van der Waals surface area contributed by atoms with Crippen LogP contribution in [0.1, 0.15) is 52.4 Å². The third-order valence-corrected chi connectivity index (χ3v) is 4.76. The van der Waals surface area contributed by atoms with Gasteiger partial charge < -0.3 is 20.4 Å². The van der Waals surface area contributed by atoms with Gasteiger partial charge in [-0.25, -0.2) is 4.79 Å². The number of hydrogen-bond donors (Lipinski definition) is 3. The van der Waals surface area contributed by atoms with Crippen molar-refractivity contribution in [3.05, 3.63) is 29.8 Å². The average Bonchev–Trinajstić information content (AvgIpc) is 3.16. The molecular weight excluding hydrogens is 348 g/mol. The molecule has 2 rings (SSSR count). The van der Waals surface area contributed by atoms with Gasteiger partial charge in [0.15, 0.2) is 0 Å². The number of benzene rings is 1. The van der Waals surface area contributed by atoms with Crippen LogP contribution in [-0.2, 0) is 20.8 Å². The largest absolute Gasteiger partial charge is 0.508 e. The summed E-state index contributed by atoms with van der Waals surface area (Å²) in [6.07, 6.45) is 3.94. The Hall–Kier alpha value is -2.57. The van der Waals surface area contributed by atoms with Crippen LogP contribution in [-0.4, -0.2) is 51.5 Å². The minimum atomic E-state index is -1.15. The minimum absolute atomic E-state index is 0.0856. The molecule has 0 bridgehead atoms. The number of nitrogens with one attached hydrogen (secondary N) is 1. The molecule has 3 N–H and O–H groups in total. The predicted octanol–water partition coefficient (Wildman–Crippen LogP) is 2.08. The lowest BCUT2D eigenvalue weighted by molar-refractivity contribution is -0.143. The lowest BCUT2D eigenvalue weighted by Gasteiger charge is -2.25. The van der Waals surface area contributed by atoms with Crippen molar-refractivity contribution in [1.29, 1.82) is 0 Å². The molecule has 1 aliphatic heterocycles. The van der Waals surface area contributed by atoms with Gasteiger partial charge in [0, 0.05) is 20.8 Å². The first-order chi connectivity index (χ1) is 13.4. The number of phenolic OH excluding ortho intramolecular Hbond substituents is 1. The number of carbonyl (C=O) groups is 3. The quantitative estimate of drug-likeness (QED) is 0.571. The number of likely N-dealkylation sites (tertiary alicyclic amines) is 1. The van der Waals surface area contributed by atoms with Crippen LogP contribution in [0, 0.1) is 0 Å². The van der Waals surface area contributed by atoms with E-state index in [2.05, 4.69) is 5.32 Å². The summed E-state index contributed by atoms with van der Waals surface area (Å²) in [4.78, 5) is 38.2. The fraction of sp³-hybridized carbons (Fsp3) is 0.550. The van der Waals surface area contributed by atoms with Crippen LogP contribution in [0.4, 0.5) is 0 Å². The SMILES string of the molecule is [2H]CCCCCC(=O)N1CCC[C@H]1C(=O)N[C@@H](Cc1ccc(O)cc1)C(=O)O. The van der Waals surface area contributed by atoms with E-state index in [1.807, 2.05) is 0 Å². The van der Waals surface area contributed by atoms with Gasteiger partial charge in [-0.05, 0) is 37.0 Å². The van der Waals surface area contributed by atoms with Crippen molar-refractivity contribution in [2.24, 2.45) is 0 Å². The van der Waals surface area contributed by atoms with E-state index in [9.17, 15) is 24.6 Å². The molecule has 0 aromatic heterocycles. The summed E-state index contributed by atoms with van der Waals surface area (Å²) in [5.74, 6) is -1.59. The first-order valence-corrected chi connectivity index (χ1v) is 9.32. The number of hydrogen-bond acceptors (Lipinski definition) is 4. The van der Waals surface area contributed by atoms with Gasteiger partial charge in [0.25, 0.3) is 0 Å². The zero-order valence-corrected chi connectivity index (χ0v) is 15.4. The summed E-state index contributed by atoms with van der Waals surface area (Å²) in [6.45, 7) is 0.853. The number of aliphatic carboxylic acids is 1. The van der Waals surface area contributed by atoms with E-state index >= 15 is 0 Å². The monoisotopic (exact) mass is 377 g/mol. The normalized spacial score (nSPS) is 18.0. The van der Waals surface area contributed by atoms with Gasteiger partial charge in [0.05, 0.1) is 0 Å². The van der Waals surface area contributed by atoms with Crippen LogP contribution in [0.3, 0.4) is 0 Å².